The molecule has 3 aromatic rings. The first-order chi connectivity index (χ1) is 14.6. The van der Waals surface area contributed by atoms with Crippen LogP contribution in [0.4, 0.5) is 4.39 Å². The molecule has 1 saturated carbocycles. The van der Waals surface area contributed by atoms with Crippen molar-refractivity contribution < 1.29 is 4.39 Å². The molecule has 0 atom stereocenters. The van der Waals surface area contributed by atoms with Crippen LogP contribution >= 0.6 is 24.0 Å². The smallest absolute Gasteiger partial charge is 0.191 e. The van der Waals surface area contributed by atoms with Crippen LogP contribution in [0.3, 0.4) is 0 Å². The third-order valence-electron chi connectivity index (χ3n) is 5.53. The zero-order valence-corrected chi connectivity index (χ0v) is 20.1. The minimum atomic E-state index is -0.179. The van der Waals surface area contributed by atoms with E-state index in [1.807, 2.05) is 49.0 Å². The number of benzene rings is 1. The van der Waals surface area contributed by atoms with Gasteiger partial charge in [0.1, 0.15) is 17.5 Å². The van der Waals surface area contributed by atoms with Crippen LogP contribution in [0.2, 0.25) is 0 Å². The number of aliphatic imine (C=N–C) groups is 1. The van der Waals surface area contributed by atoms with Gasteiger partial charge >= 0.3 is 0 Å². The van der Waals surface area contributed by atoms with Gasteiger partial charge in [0.2, 0.25) is 0 Å². The van der Waals surface area contributed by atoms with Gasteiger partial charge in [-0.2, -0.15) is 0 Å². The summed E-state index contributed by atoms with van der Waals surface area (Å²) in [6, 6.07) is 10.9. The van der Waals surface area contributed by atoms with Gasteiger partial charge < -0.3 is 10.6 Å². The molecule has 1 aromatic carbocycles. The standard InChI is InChI=1S/C23H27FN6.HI/c1-3-25-22(29-16-23(9-10-23)19-5-4-6-20(24)13-19)28-15-18-7-8-21(27-14-18)30-12-11-26-17(30)2;/h4-8,11-14H,3,9-10,15-16H2,1-2H3,(H2,25,28,29);1H. The van der Waals surface area contributed by atoms with E-state index in [-0.39, 0.29) is 35.2 Å². The minimum absolute atomic E-state index is 0. The van der Waals surface area contributed by atoms with Gasteiger partial charge in [0.15, 0.2) is 5.96 Å². The normalized spacial score (nSPS) is 14.6. The second-order valence-electron chi connectivity index (χ2n) is 7.71. The van der Waals surface area contributed by atoms with Gasteiger partial charge in [0.25, 0.3) is 0 Å². The molecule has 0 amide bonds. The number of guanidine groups is 1. The van der Waals surface area contributed by atoms with Crippen molar-refractivity contribution in [1.82, 2.24) is 25.2 Å². The molecule has 0 unspecified atom stereocenters. The highest BCUT2D eigenvalue weighted by molar-refractivity contribution is 14.0. The summed E-state index contributed by atoms with van der Waals surface area (Å²) in [7, 11) is 0. The van der Waals surface area contributed by atoms with Crippen LogP contribution in [-0.4, -0.2) is 33.6 Å². The number of nitrogens with zero attached hydrogens (tertiary/aromatic N) is 4. The maximum atomic E-state index is 13.6. The summed E-state index contributed by atoms with van der Waals surface area (Å²) < 4.78 is 15.6. The van der Waals surface area contributed by atoms with Crippen molar-refractivity contribution >= 4 is 29.9 Å². The van der Waals surface area contributed by atoms with E-state index in [1.54, 1.807) is 18.3 Å². The average molecular weight is 534 g/mol. The Hall–Kier alpha value is -2.49. The summed E-state index contributed by atoms with van der Waals surface area (Å²) in [5, 5.41) is 6.73. The number of nitrogens with one attached hydrogen (secondary N) is 2. The Labute approximate surface area is 199 Å². The Morgan fingerprint density at radius 1 is 1.19 bits per heavy atom. The summed E-state index contributed by atoms with van der Waals surface area (Å²) in [6.07, 6.45) is 7.62. The molecule has 2 heterocycles. The van der Waals surface area contributed by atoms with E-state index < -0.39 is 0 Å². The van der Waals surface area contributed by atoms with Crippen molar-refractivity contribution in [3.8, 4) is 5.82 Å². The number of hydrogen-bond donors (Lipinski definition) is 2. The first kappa shape index (κ1) is 23.2. The summed E-state index contributed by atoms with van der Waals surface area (Å²) in [6.45, 7) is 6.03. The van der Waals surface area contributed by atoms with E-state index in [4.69, 9.17) is 4.99 Å². The molecule has 0 aliphatic heterocycles. The lowest BCUT2D eigenvalue weighted by Gasteiger charge is -2.19. The number of rotatable bonds is 7. The van der Waals surface area contributed by atoms with Crippen LogP contribution in [0.5, 0.6) is 0 Å². The Bertz CT molecular complexity index is 1030. The molecule has 4 rings (SSSR count). The fraction of sp³-hybridized carbons (Fsp3) is 0.348. The van der Waals surface area contributed by atoms with E-state index >= 15 is 0 Å². The second kappa shape index (κ2) is 10.2. The van der Waals surface area contributed by atoms with Crippen molar-refractivity contribution in [2.45, 2.75) is 38.6 Å². The maximum Gasteiger partial charge on any atom is 0.191 e. The quantitative estimate of drug-likeness (QED) is 0.272. The number of hydrogen-bond acceptors (Lipinski definition) is 3. The van der Waals surface area contributed by atoms with Crippen LogP contribution < -0.4 is 10.6 Å². The summed E-state index contributed by atoms with van der Waals surface area (Å²) in [5.74, 6) is 2.32. The lowest BCUT2D eigenvalue weighted by atomic mass is 9.96. The Morgan fingerprint density at radius 3 is 2.65 bits per heavy atom. The molecule has 164 valence electrons. The first-order valence-corrected chi connectivity index (χ1v) is 10.3. The van der Waals surface area contributed by atoms with E-state index in [0.29, 0.717) is 6.54 Å². The first-order valence-electron chi connectivity index (χ1n) is 10.3. The van der Waals surface area contributed by atoms with Crippen LogP contribution in [0.1, 0.15) is 36.7 Å². The Balaban J connectivity index is 0.00000272. The Morgan fingerprint density at radius 2 is 2.03 bits per heavy atom. The molecule has 0 spiro atoms. The van der Waals surface area contributed by atoms with Gasteiger partial charge in [-0.1, -0.05) is 18.2 Å². The van der Waals surface area contributed by atoms with Crippen molar-refractivity contribution in [1.29, 1.82) is 0 Å². The van der Waals surface area contributed by atoms with E-state index in [1.165, 1.54) is 6.07 Å². The number of halogens is 2. The average Bonchev–Trinajstić information content (AvgIpc) is 3.44. The molecular formula is C23H28FIN6. The zero-order chi connectivity index (χ0) is 21.0. The van der Waals surface area contributed by atoms with Crippen molar-refractivity contribution in [2.24, 2.45) is 4.99 Å². The second-order valence-corrected chi connectivity index (χ2v) is 7.71. The molecule has 0 radical (unpaired) electrons. The topological polar surface area (TPSA) is 67.1 Å². The molecule has 1 aliphatic carbocycles. The van der Waals surface area contributed by atoms with Gasteiger partial charge in [-0.05, 0) is 56.0 Å². The van der Waals surface area contributed by atoms with Crippen LogP contribution in [-0.2, 0) is 12.0 Å². The van der Waals surface area contributed by atoms with Gasteiger partial charge in [-0.15, -0.1) is 24.0 Å². The fourth-order valence-corrected chi connectivity index (χ4v) is 3.57. The molecular weight excluding hydrogens is 506 g/mol. The summed E-state index contributed by atoms with van der Waals surface area (Å²) in [4.78, 5) is 13.5. The van der Waals surface area contributed by atoms with Gasteiger partial charge in [-0.25, -0.2) is 19.4 Å². The number of aromatic nitrogens is 3. The molecule has 1 fully saturated rings. The largest absolute Gasteiger partial charge is 0.357 e. The zero-order valence-electron chi connectivity index (χ0n) is 17.8. The predicted molar refractivity (Wildman–Crippen MR) is 132 cm³/mol. The summed E-state index contributed by atoms with van der Waals surface area (Å²) in [5.41, 5.74) is 2.09. The third-order valence-corrected chi connectivity index (χ3v) is 5.53. The summed E-state index contributed by atoms with van der Waals surface area (Å²) >= 11 is 0. The highest BCUT2D eigenvalue weighted by Gasteiger charge is 2.44. The molecule has 0 bridgehead atoms. The van der Waals surface area contributed by atoms with Crippen LogP contribution in [0, 0.1) is 12.7 Å². The maximum absolute atomic E-state index is 13.6. The number of aryl methyl sites for hydroxylation is 1. The van der Waals surface area contributed by atoms with Crippen LogP contribution in [0.15, 0.2) is 60.0 Å². The molecule has 6 nitrogen and oxygen atoms in total. The van der Waals surface area contributed by atoms with E-state index in [9.17, 15) is 4.39 Å². The molecule has 8 heteroatoms. The molecule has 2 aromatic heterocycles. The van der Waals surface area contributed by atoms with Crippen LogP contribution in [0.25, 0.3) is 5.82 Å². The van der Waals surface area contributed by atoms with E-state index in [2.05, 4.69) is 20.6 Å². The van der Waals surface area contributed by atoms with E-state index in [0.717, 1.165) is 54.7 Å². The number of pyridine rings is 1. The SMILES string of the molecule is CCNC(=NCc1ccc(-n2ccnc2C)nc1)NCC1(c2cccc(F)c2)CC1.I. The monoisotopic (exact) mass is 534 g/mol. The van der Waals surface area contributed by atoms with Gasteiger partial charge in [0.05, 0.1) is 6.54 Å². The molecule has 31 heavy (non-hydrogen) atoms. The van der Waals surface area contributed by atoms with Crippen molar-refractivity contribution in [2.75, 3.05) is 13.1 Å². The lowest BCUT2D eigenvalue weighted by molar-refractivity contribution is 0.607. The lowest BCUT2D eigenvalue weighted by Crippen LogP contribution is -2.41. The molecule has 2 N–H and O–H groups in total. The highest BCUT2D eigenvalue weighted by atomic mass is 127. The van der Waals surface area contributed by atoms with Gasteiger partial charge in [0, 0.05) is 37.1 Å². The highest BCUT2D eigenvalue weighted by Crippen LogP contribution is 2.47. The number of imidazole rings is 1. The van der Waals surface area contributed by atoms with Crippen molar-refractivity contribution in [3.63, 3.8) is 0 Å². The predicted octanol–water partition coefficient (Wildman–Crippen LogP) is 4.12. The van der Waals surface area contributed by atoms with Crippen molar-refractivity contribution in [3.05, 3.63) is 77.8 Å². The third kappa shape index (κ3) is 5.61. The fourth-order valence-electron chi connectivity index (χ4n) is 3.57. The molecule has 0 saturated heterocycles. The van der Waals surface area contributed by atoms with Gasteiger partial charge in [-0.3, -0.25) is 4.57 Å². The molecule has 1 aliphatic rings. The Kier molecular flexibility index (Phi) is 7.64. The minimum Gasteiger partial charge on any atom is -0.357 e.